The third-order valence-electron chi connectivity index (χ3n) is 2.49. The van der Waals surface area contributed by atoms with Crippen molar-refractivity contribution in [1.82, 2.24) is 9.78 Å². The maximum atomic E-state index is 12.1. The first-order valence-corrected chi connectivity index (χ1v) is 5.68. The summed E-state index contributed by atoms with van der Waals surface area (Å²) in [4.78, 5) is 12.1. The number of hydrogen-bond donors (Lipinski definition) is 0. The fourth-order valence-corrected chi connectivity index (χ4v) is 1.86. The first-order chi connectivity index (χ1) is 7.59. The molecule has 1 aromatic carbocycles. The van der Waals surface area contributed by atoms with Gasteiger partial charge in [0.05, 0.1) is 0 Å². The van der Waals surface area contributed by atoms with Gasteiger partial charge in [0.15, 0.2) is 0 Å². The molecule has 0 fully saturated rings. The molecule has 0 bridgehead atoms. The van der Waals surface area contributed by atoms with Crippen LogP contribution in [0.1, 0.15) is 21.6 Å². The molecule has 0 spiro atoms. The highest BCUT2D eigenvalue weighted by molar-refractivity contribution is 9.10. The molecule has 3 nitrogen and oxygen atoms in total. The van der Waals surface area contributed by atoms with Gasteiger partial charge in [-0.3, -0.25) is 9.48 Å². The highest BCUT2D eigenvalue weighted by atomic mass is 79.9. The Labute approximate surface area is 102 Å². The highest BCUT2D eigenvalue weighted by Gasteiger charge is 2.13. The molecule has 16 heavy (non-hydrogen) atoms. The lowest BCUT2D eigenvalue weighted by molar-refractivity contribution is 0.103. The molecule has 0 aliphatic carbocycles. The van der Waals surface area contributed by atoms with Crippen LogP contribution in [-0.2, 0) is 7.05 Å². The minimum atomic E-state index is -0.0132. The Kier molecular flexibility index (Phi) is 2.92. The zero-order valence-electron chi connectivity index (χ0n) is 9.07. The summed E-state index contributed by atoms with van der Waals surface area (Å²) in [6, 6.07) is 7.31. The van der Waals surface area contributed by atoms with Gasteiger partial charge < -0.3 is 0 Å². The maximum absolute atomic E-state index is 12.1. The second-order valence-electron chi connectivity index (χ2n) is 3.63. The van der Waals surface area contributed by atoms with Crippen LogP contribution < -0.4 is 0 Å². The van der Waals surface area contributed by atoms with E-state index in [1.807, 2.05) is 25.1 Å². The number of hydrogen-bond acceptors (Lipinski definition) is 2. The van der Waals surface area contributed by atoms with Crippen molar-refractivity contribution in [3.05, 3.63) is 51.8 Å². The molecule has 2 aromatic rings. The number of rotatable bonds is 2. The number of benzene rings is 1. The first-order valence-electron chi connectivity index (χ1n) is 4.88. The van der Waals surface area contributed by atoms with Gasteiger partial charge in [-0.05, 0) is 24.6 Å². The summed E-state index contributed by atoms with van der Waals surface area (Å²) in [6.07, 6.45) is 1.62. The Bertz CT molecular complexity index is 546. The SMILES string of the molecule is Cc1ccc(C(=O)c2ccnn2C)cc1Br. The average molecular weight is 279 g/mol. The number of nitrogens with zero attached hydrogens (tertiary/aromatic N) is 2. The minimum absolute atomic E-state index is 0.0132. The van der Waals surface area contributed by atoms with Crippen LogP contribution in [0.15, 0.2) is 34.9 Å². The number of halogens is 1. The minimum Gasteiger partial charge on any atom is -0.287 e. The number of aryl methyl sites for hydroxylation is 2. The Morgan fingerprint density at radius 3 is 2.69 bits per heavy atom. The molecule has 1 aromatic heterocycles. The number of carbonyl (C=O) groups is 1. The first kappa shape index (κ1) is 11.1. The molecular weight excluding hydrogens is 268 g/mol. The summed E-state index contributed by atoms with van der Waals surface area (Å²) in [5.41, 5.74) is 2.37. The van der Waals surface area contributed by atoms with Crippen molar-refractivity contribution < 1.29 is 4.79 Å². The van der Waals surface area contributed by atoms with Crippen LogP contribution in [-0.4, -0.2) is 15.6 Å². The summed E-state index contributed by atoms with van der Waals surface area (Å²) >= 11 is 3.42. The van der Waals surface area contributed by atoms with Gasteiger partial charge in [-0.2, -0.15) is 5.10 Å². The van der Waals surface area contributed by atoms with Crippen LogP contribution in [0.25, 0.3) is 0 Å². The number of carbonyl (C=O) groups excluding carboxylic acids is 1. The van der Waals surface area contributed by atoms with Crippen molar-refractivity contribution >= 4 is 21.7 Å². The van der Waals surface area contributed by atoms with Gasteiger partial charge in [-0.15, -0.1) is 0 Å². The van der Waals surface area contributed by atoms with Gasteiger partial charge in [-0.25, -0.2) is 0 Å². The van der Waals surface area contributed by atoms with Crippen molar-refractivity contribution in [3.63, 3.8) is 0 Å². The zero-order chi connectivity index (χ0) is 11.7. The van der Waals surface area contributed by atoms with Crippen LogP contribution in [0.4, 0.5) is 0 Å². The third-order valence-corrected chi connectivity index (χ3v) is 3.34. The van der Waals surface area contributed by atoms with E-state index in [-0.39, 0.29) is 5.78 Å². The summed E-state index contributed by atoms with van der Waals surface area (Å²) < 4.78 is 2.52. The lowest BCUT2D eigenvalue weighted by atomic mass is 10.1. The van der Waals surface area contributed by atoms with Crippen LogP contribution in [0.2, 0.25) is 0 Å². The third kappa shape index (κ3) is 1.93. The highest BCUT2D eigenvalue weighted by Crippen LogP contribution is 2.19. The summed E-state index contributed by atoms with van der Waals surface area (Å²) in [5, 5.41) is 3.99. The van der Waals surface area contributed by atoms with Crippen LogP contribution in [0.5, 0.6) is 0 Å². The van der Waals surface area contributed by atoms with Crippen molar-refractivity contribution in [1.29, 1.82) is 0 Å². The zero-order valence-corrected chi connectivity index (χ0v) is 10.7. The molecular formula is C12H11BrN2O. The van der Waals surface area contributed by atoms with Crippen LogP contribution in [0, 0.1) is 6.92 Å². The van der Waals surface area contributed by atoms with Gasteiger partial charge in [0, 0.05) is 23.3 Å². The molecule has 0 aliphatic rings. The van der Waals surface area contributed by atoms with Gasteiger partial charge in [0.2, 0.25) is 5.78 Å². The molecule has 0 atom stereocenters. The maximum Gasteiger partial charge on any atom is 0.211 e. The summed E-state index contributed by atoms with van der Waals surface area (Å²) in [5.74, 6) is -0.0132. The van der Waals surface area contributed by atoms with Crippen molar-refractivity contribution in [2.75, 3.05) is 0 Å². The monoisotopic (exact) mass is 278 g/mol. The fraction of sp³-hybridized carbons (Fsp3) is 0.167. The normalized spacial score (nSPS) is 10.4. The predicted octanol–water partition coefficient (Wildman–Crippen LogP) is 2.72. The largest absolute Gasteiger partial charge is 0.287 e. The second kappa shape index (κ2) is 4.22. The fourth-order valence-electron chi connectivity index (χ4n) is 1.48. The van der Waals surface area contributed by atoms with E-state index < -0.39 is 0 Å². The molecule has 0 N–H and O–H groups in total. The van der Waals surface area contributed by atoms with E-state index >= 15 is 0 Å². The lowest BCUT2D eigenvalue weighted by Gasteiger charge is -2.03. The van der Waals surface area contributed by atoms with Gasteiger partial charge in [0.1, 0.15) is 5.69 Å². The second-order valence-corrected chi connectivity index (χ2v) is 4.49. The van der Waals surface area contributed by atoms with Crippen LogP contribution in [0.3, 0.4) is 0 Å². The standard InChI is InChI=1S/C12H11BrN2O/c1-8-3-4-9(7-10(8)13)12(16)11-5-6-14-15(11)2/h3-7H,1-2H3. The molecule has 0 radical (unpaired) electrons. The van der Waals surface area contributed by atoms with Crippen molar-refractivity contribution in [3.8, 4) is 0 Å². The molecule has 1 heterocycles. The van der Waals surface area contributed by atoms with E-state index in [4.69, 9.17) is 0 Å². The molecule has 2 rings (SSSR count). The predicted molar refractivity (Wildman–Crippen MR) is 65.5 cm³/mol. The average Bonchev–Trinajstić information content (AvgIpc) is 2.67. The topological polar surface area (TPSA) is 34.9 Å². The van der Waals surface area contributed by atoms with Crippen molar-refractivity contribution in [2.24, 2.45) is 7.05 Å². The Morgan fingerprint density at radius 2 is 2.12 bits per heavy atom. The van der Waals surface area contributed by atoms with E-state index in [9.17, 15) is 4.79 Å². The molecule has 0 amide bonds. The number of ketones is 1. The Morgan fingerprint density at radius 1 is 1.38 bits per heavy atom. The summed E-state index contributed by atoms with van der Waals surface area (Å²) in [7, 11) is 1.76. The smallest absolute Gasteiger partial charge is 0.211 e. The van der Waals surface area contributed by atoms with E-state index in [1.165, 1.54) is 0 Å². The lowest BCUT2D eigenvalue weighted by Crippen LogP contribution is -2.08. The molecule has 0 saturated carbocycles. The van der Waals surface area contributed by atoms with Gasteiger partial charge >= 0.3 is 0 Å². The van der Waals surface area contributed by atoms with E-state index in [0.29, 0.717) is 11.3 Å². The Balaban J connectivity index is 2.42. The molecule has 82 valence electrons. The quantitative estimate of drug-likeness (QED) is 0.792. The summed E-state index contributed by atoms with van der Waals surface area (Å²) in [6.45, 7) is 1.99. The Hall–Kier alpha value is -1.42. The van der Waals surface area contributed by atoms with Gasteiger partial charge in [-0.1, -0.05) is 28.1 Å². The van der Waals surface area contributed by atoms with Crippen molar-refractivity contribution in [2.45, 2.75) is 6.92 Å². The molecule has 0 saturated heterocycles. The van der Waals surface area contributed by atoms with E-state index in [2.05, 4.69) is 21.0 Å². The van der Waals surface area contributed by atoms with E-state index in [0.717, 1.165) is 10.0 Å². The molecule has 0 aliphatic heterocycles. The van der Waals surface area contributed by atoms with Crippen LogP contribution >= 0.6 is 15.9 Å². The molecule has 0 unspecified atom stereocenters. The number of aromatic nitrogens is 2. The van der Waals surface area contributed by atoms with E-state index in [1.54, 1.807) is 24.0 Å². The molecule has 4 heteroatoms. The van der Waals surface area contributed by atoms with Gasteiger partial charge in [0.25, 0.3) is 0 Å².